The highest BCUT2D eigenvalue weighted by molar-refractivity contribution is 9.10. The zero-order valence-corrected chi connectivity index (χ0v) is 15.4. The van der Waals surface area contributed by atoms with E-state index in [0.29, 0.717) is 38.2 Å². The molecule has 0 saturated carbocycles. The lowest BCUT2D eigenvalue weighted by Crippen LogP contribution is -2.34. The maximum Gasteiger partial charge on any atom is 0.407 e. The third-order valence-corrected chi connectivity index (χ3v) is 5.20. The maximum atomic E-state index is 11.1. The topological polar surface area (TPSA) is 78.5 Å². The molecule has 1 aromatic heterocycles. The van der Waals surface area contributed by atoms with Crippen molar-refractivity contribution in [2.75, 3.05) is 13.2 Å². The number of carbonyl (C=O) groups is 1. The van der Waals surface area contributed by atoms with E-state index in [2.05, 4.69) is 22.0 Å². The lowest BCUT2D eigenvalue weighted by Gasteiger charge is -2.27. The average molecular weight is 404 g/mol. The number of benzene rings is 1. The van der Waals surface area contributed by atoms with Gasteiger partial charge in [0.25, 0.3) is 0 Å². The lowest BCUT2D eigenvalue weighted by atomic mass is 9.99. The van der Waals surface area contributed by atoms with Gasteiger partial charge >= 0.3 is 6.09 Å². The zero-order valence-electron chi connectivity index (χ0n) is 13.8. The smallest absolute Gasteiger partial charge is 0.407 e. The number of nitriles is 1. The van der Waals surface area contributed by atoms with Crippen LogP contribution in [0.1, 0.15) is 22.5 Å². The van der Waals surface area contributed by atoms with E-state index in [4.69, 9.17) is 15.1 Å². The Kier molecular flexibility index (Phi) is 5.00. The van der Waals surface area contributed by atoms with Crippen LogP contribution >= 0.6 is 15.9 Å². The van der Waals surface area contributed by atoms with E-state index in [1.165, 1.54) is 4.90 Å². The minimum absolute atomic E-state index is 0.400. The minimum atomic E-state index is -0.890. The highest BCUT2D eigenvalue weighted by atomic mass is 79.9. The first-order valence-electron chi connectivity index (χ1n) is 7.97. The number of halogens is 1. The summed E-state index contributed by atoms with van der Waals surface area (Å²) in [5, 5.41) is 18.2. The van der Waals surface area contributed by atoms with Crippen molar-refractivity contribution in [2.45, 2.75) is 19.4 Å². The van der Waals surface area contributed by atoms with Crippen LogP contribution in [0.3, 0.4) is 0 Å². The molecule has 1 aliphatic heterocycles. The molecule has 1 N–H and O–H groups in total. The monoisotopic (exact) mass is 403 g/mol. The number of carboxylic acid groups (broad SMARTS) is 1. The fourth-order valence-corrected chi connectivity index (χ4v) is 3.81. The van der Waals surface area contributed by atoms with Crippen LogP contribution in [0.4, 0.5) is 4.79 Å². The van der Waals surface area contributed by atoms with E-state index in [9.17, 15) is 4.79 Å². The predicted octanol–water partition coefficient (Wildman–Crippen LogP) is 3.32. The fourth-order valence-electron chi connectivity index (χ4n) is 3.13. The Bertz CT molecular complexity index is 854. The third kappa shape index (κ3) is 3.49. The van der Waals surface area contributed by atoms with Gasteiger partial charge in [0.05, 0.1) is 6.61 Å². The number of amides is 1. The first-order chi connectivity index (χ1) is 12.0. The van der Waals surface area contributed by atoms with Crippen molar-refractivity contribution >= 4 is 22.0 Å². The van der Waals surface area contributed by atoms with Crippen molar-refractivity contribution in [3.63, 3.8) is 0 Å². The van der Waals surface area contributed by atoms with Crippen LogP contribution in [0.25, 0.3) is 0 Å². The highest BCUT2D eigenvalue weighted by Crippen LogP contribution is 2.28. The summed E-state index contributed by atoms with van der Waals surface area (Å²) >= 11 is 3.49. The number of ether oxygens (including phenoxy) is 1. The zero-order chi connectivity index (χ0) is 18.0. The van der Waals surface area contributed by atoms with E-state index in [1.54, 1.807) is 6.07 Å². The third-order valence-electron chi connectivity index (χ3n) is 4.51. The van der Waals surface area contributed by atoms with Gasteiger partial charge < -0.3 is 19.3 Å². The highest BCUT2D eigenvalue weighted by Gasteiger charge is 2.22. The summed E-state index contributed by atoms with van der Waals surface area (Å²) in [5.74, 6) is 0.813. The SMILES string of the molecule is Cn1c(C#N)cc(Br)c1CCOc1cccc2c1CCN(C(=O)O)C2. The second-order valence-electron chi connectivity index (χ2n) is 5.94. The molecular formula is C18H18BrN3O3. The summed E-state index contributed by atoms with van der Waals surface area (Å²) in [6.07, 6.45) is 0.437. The van der Waals surface area contributed by atoms with Crippen molar-refractivity contribution in [1.29, 1.82) is 5.26 Å². The van der Waals surface area contributed by atoms with Crippen LogP contribution in [0.15, 0.2) is 28.7 Å². The average Bonchev–Trinajstić information content (AvgIpc) is 2.88. The Hall–Kier alpha value is -2.46. The number of nitrogens with zero attached hydrogens (tertiary/aromatic N) is 3. The summed E-state index contributed by atoms with van der Waals surface area (Å²) in [6.45, 7) is 1.37. The lowest BCUT2D eigenvalue weighted by molar-refractivity contribution is 0.139. The molecule has 6 nitrogen and oxygen atoms in total. The van der Waals surface area contributed by atoms with Crippen molar-refractivity contribution in [3.8, 4) is 11.8 Å². The van der Waals surface area contributed by atoms with E-state index < -0.39 is 6.09 Å². The molecule has 2 heterocycles. The maximum absolute atomic E-state index is 11.1. The second-order valence-corrected chi connectivity index (χ2v) is 6.80. The molecule has 0 atom stereocenters. The normalized spacial score (nSPS) is 13.2. The molecule has 0 aliphatic carbocycles. The predicted molar refractivity (Wildman–Crippen MR) is 95.6 cm³/mol. The van der Waals surface area contributed by atoms with Crippen LogP contribution in [0.5, 0.6) is 5.75 Å². The van der Waals surface area contributed by atoms with Crippen LogP contribution in [0, 0.1) is 11.3 Å². The molecule has 0 bridgehead atoms. The van der Waals surface area contributed by atoms with Crippen LogP contribution < -0.4 is 4.74 Å². The molecule has 3 rings (SSSR count). The molecule has 0 fully saturated rings. The number of hydrogen-bond acceptors (Lipinski definition) is 3. The van der Waals surface area contributed by atoms with Gasteiger partial charge in [0, 0.05) is 42.3 Å². The number of fused-ring (bicyclic) bond motifs is 1. The van der Waals surface area contributed by atoms with E-state index >= 15 is 0 Å². The molecule has 1 aromatic carbocycles. The Balaban J connectivity index is 1.69. The molecule has 7 heteroatoms. The molecule has 130 valence electrons. The molecule has 1 amide bonds. The van der Waals surface area contributed by atoms with Gasteiger partial charge in [-0.05, 0) is 40.0 Å². The molecule has 1 aliphatic rings. The molecule has 2 aromatic rings. The van der Waals surface area contributed by atoms with Crippen LogP contribution in [0.2, 0.25) is 0 Å². The van der Waals surface area contributed by atoms with Crippen LogP contribution in [-0.2, 0) is 26.4 Å². The van der Waals surface area contributed by atoms with Gasteiger partial charge in [0.2, 0.25) is 0 Å². The first kappa shape index (κ1) is 17.4. The number of hydrogen-bond donors (Lipinski definition) is 1. The minimum Gasteiger partial charge on any atom is -0.493 e. The largest absolute Gasteiger partial charge is 0.493 e. The van der Waals surface area contributed by atoms with Crippen molar-refractivity contribution in [1.82, 2.24) is 9.47 Å². The molecule has 0 unspecified atom stereocenters. The summed E-state index contributed by atoms with van der Waals surface area (Å²) in [4.78, 5) is 12.5. The van der Waals surface area contributed by atoms with Gasteiger partial charge in [-0.15, -0.1) is 0 Å². The van der Waals surface area contributed by atoms with Crippen molar-refractivity contribution in [3.05, 3.63) is 51.3 Å². The summed E-state index contributed by atoms with van der Waals surface area (Å²) in [6, 6.07) is 9.73. The molecule has 0 saturated heterocycles. The molecular weight excluding hydrogens is 386 g/mol. The number of rotatable bonds is 4. The second kappa shape index (κ2) is 7.19. The van der Waals surface area contributed by atoms with Gasteiger partial charge in [-0.25, -0.2) is 4.79 Å². The summed E-state index contributed by atoms with van der Waals surface area (Å²) in [5.41, 5.74) is 3.70. The van der Waals surface area contributed by atoms with Crippen molar-refractivity contribution < 1.29 is 14.6 Å². The van der Waals surface area contributed by atoms with Gasteiger partial charge in [-0.3, -0.25) is 0 Å². The number of aromatic nitrogens is 1. The Labute approximate surface area is 154 Å². The molecule has 0 radical (unpaired) electrons. The van der Waals surface area contributed by atoms with E-state index in [0.717, 1.165) is 27.0 Å². The quantitative estimate of drug-likeness (QED) is 0.848. The molecule has 25 heavy (non-hydrogen) atoms. The standard InChI is InChI=1S/C18H18BrN3O3/c1-21-13(10-20)9-15(19)16(21)6-8-25-17-4-2-3-12-11-22(18(23)24)7-5-14(12)17/h2-4,9H,5-8,11H2,1H3,(H,23,24). The Morgan fingerprint density at radius 1 is 1.48 bits per heavy atom. The Morgan fingerprint density at radius 3 is 2.96 bits per heavy atom. The fraction of sp³-hybridized carbons (Fsp3) is 0.333. The summed E-state index contributed by atoms with van der Waals surface area (Å²) in [7, 11) is 1.86. The van der Waals surface area contributed by atoms with Gasteiger partial charge in [-0.1, -0.05) is 12.1 Å². The molecule has 0 spiro atoms. The van der Waals surface area contributed by atoms with Gasteiger partial charge in [0.1, 0.15) is 17.5 Å². The van der Waals surface area contributed by atoms with Gasteiger partial charge in [0.15, 0.2) is 0 Å². The van der Waals surface area contributed by atoms with Crippen molar-refractivity contribution in [2.24, 2.45) is 7.05 Å². The van der Waals surface area contributed by atoms with Crippen LogP contribution in [-0.4, -0.2) is 33.8 Å². The Morgan fingerprint density at radius 2 is 2.28 bits per heavy atom. The van der Waals surface area contributed by atoms with Gasteiger partial charge in [-0.2, -0.15) is 5.26 Å². The van der Waals surface area contributed by atoms with E-state index in [1.807, 2.05) is 29.8 Å². The first-order valence-corrected chi connectivity index (χ1v) is 8.76. The van der Waals surface area contributed by atoms with E-state index in [-0.39, 0.29) is 0 Å². The summed E-state index contributed by atoms with van der Waals surface area (Å²) < 4.78 is 8.74.